The summed E-state index contributed by atoms with van der Waals surface area (Å²) in [5, 5.41) is 0.910. The maximum absolute atomic E-state index is 6.50. The van der Waals surface area contributed by atoms with Crippen LogP contribution in [0, 0.1) is 5.92 Å². The van der Waals surface area contributed by atoms with Crippen molar-refractivity contribution in [1.82, 2.24) is 4.90 Å². The fourth-order valence-corrected chi connectivity index (χ4v) is 5.02. The lowest BCUT2D eigenvalue weighted by Gasteiger charge is -2.36. The fourth-order valence-electron chi connectivity index (χ4n) is 4.76. The number of likely N-dealkylation sites (tertiary alicyclic amines) is 1. The Balaban J connectivity index is 1.35. The van der Waals surface area contributed by atoms with Crippen LogP contribution in [0.4, 0.5) is 0 Å². The number of ether oxygens (including phenoxy) is 1. The number of methoxy groups -OCH3 is 1. The lowest BCUT2D eigenvalue weighted by Crippen LogP contribution is -2.38. The Labute approximate surface area is 162 Å². The van der Waals surface area contributed by atoms with Crippen molar-refractivity contribution in [1.29, 1.82) is 0 Å². The molecule has 2 aliphatic rings. The van der Waals surface area contributed by atoms with E-state index < -0.39 is 0 Å². The molecule has 1 heterocycles. The third kappa shape index (κ3) is 3.77. The van der Waals surface area contributed by atoms with Gasteiger partial charge in [0.2, 0.25) is 0 Å². The molecule has 3 heteroatoms. The fraction of sp³-hybridized carbons (Fsp3) is 0.478. The molecule has 1 fully saturated rings. The summed E-state index contributed by atoms with van der Waals surface area (Å²) in [6, 6.07) is 15.0. The minimum Gasteiger partial charge on any atom is -0.496 e. The molecule has 26 heavy (non-hydrogen) atoms. The Bertz CT molecular complexity index is 737. The topological polar surface area (TPSA) is 12.5 Å². The lowest BCUT2D eigenvalue weighted by atomic mass is 9.82. The maximum Gasteiger partial charge on any atom is 0.122 e. The molecule has 1 atom stereocenters. The molecule has 0 amide bonds. The Morgan fingerprint density at radius 2 is 1.77 bits per heavy atom. The summed E-state index contributed by atoms with van der Waals surface area (Å²) in [7, 11) is 1.76. The summed E-state index contributed by atoms with van der Waals surface area (Å²) in [6.07, 6.45) is 5.97. The van der Waals surface area contributed by atoms with Gasteiger partial charge in [-0.05, 0) is 85.9 Å². The second-order valence-electron chi connectivity index (χ2n) is 7.80. The van der Waals surface area contributed by atoms with Crippen molar-refractivity contribution in [3.05, 3.63) is 64.2 Å². The second kappa shape index (κ2) is 8.02. The highest BCUT2D eigenvalue weighted by molar-refractivity contribution is 6.31. The Hall–Kier alpha value is -1.51. The predicted molar refractivity (Wildman–Crippen MR) is 108 cm³/mol. The van der Waals surface area contributed by atoms with Gasteiger partial charge in [0.1, 0.15) is 5.75 Å². The van der Waals surface area contributed by atoms with Gasteiger partial charge >= 0.3 is 0 Å². The third-order valence-electron chi connectivity index (χ3n) is 6.22. The first kappa shape index (κ1) is 17.9. The van der Waals surface area contributed by atoms with E-state index in [1.807, 2.05) is 12.1 Å². The number of hydrogen-bond donors (Lipinski definition) is 0. The van der Waals surface area contributed by atoms with Crippen molar-refractivity contribution < 1.29 is 4.74 Å². The average Bonchev–Trinajstić information content (AvgIpc) is 2.70. The number of piperidine rings is 1. The number of halogens is 1. The van der Waals surface area contributed by atoms with Crippen LogP contribution in [0.15, 0.2) is 42.5 Å². The van der Waals surface area contributed by atoms with Crippen LogP contribution in [-0.4, -0.2) is 31.6 Å². The SMILES string of the molecule is COc1ccc(Cl)c2c1CCC(CN1CCC(c3ccccc3)CC1)C2. The first-order valence-electron chi connectivity index (χ1n) is 9.86. The van der Waals surface area contributed by atoms with E-state index in [4.69, 9.17) is 16.3 Å². The Kier molecular flexibility index (Phi) is 5.52. The molecule has 1 saturated heterocycles. The average molecular weight is 370 g/mol. The quantitative estimate of drug-likeness (QED) is 0.721. The largest absolute Gasteiger partial charge is 0.496 e. The smallest absolute Gasteiger partial charge is 0.122 e. The minimum absolute atomic E-state index is 0.709. The van der Waals surface area contributed by atoms with Gasteiger partial charge in [0.05, 0.1) is 7.11 Å². The van der Waals surface area contributed by atoms with Gasteiger partial charge in [0.15, 0.2) is 0 Å². The van der Waals surface area contributed by atoms with Gasteiger partial charge < -0.3 is 9.64 Å². The molecule has 138 valence electrons. The van der Waals surface area contributed by atoms with Crippen molar-refractivity contribution in [2.24, 2.45) is 5.92 Å². The summed E-state index contributed by atoms with van der Waals surface area (Å²) >= 11 is 6.50. The second-order valence-corrected chi connectivity index (χ2v) is 8.21. The molecule has 0 bridgehead atoms. The first-order valence-corrected chi connectivity index (χ1v) is 10.2. The van der Waals surface area contributed by atoms with E-state index in [9.17, 15) is 0 Å². The molecular formula is C23H28ClNO. The standard InChI is InChI=1S/C23H28ClNO/c1-26-23-10-9-22(24)21-15-17(7-8-20(21)23)16-25-13-11-19(12-14-25)18-5-3-2-4-6-18/h2-6,9-10,17,19H,7-8,11-16H2,1H3. The number of rotatable bonds is 4. The van der Waals surface area contributed by atoms with Gasteiger partial charge in [-0.25, -0.2) is 0 Å². The molecule has 1 aliphatic heterocycles. The molecule has 0 aromatic heterocycles. The van der Waals surface area contributed by atoms with Crippen LogP contribution < -0.4 is 4.74 Å². The summed E-state index contributed by atoms with van der Waals surface area (Å²) in [5.74, 6) is 2.45. The number of fused-ring (bicyclic) bond motifs is 1. The van der Waals surface area contributed by atoms with Crippen molar-refractivity contribution in [2.75, 3.05) is 26.7 Å². The van der Waals surface area contributed by atoms with Crippen molar-refractivity contribution in [2.45, 2.75) is 38.0 Å². The van der Waals surface area contributed by atoms with Gasteiger partial charge in [-0.3, -0.25) is 0 Å². The van der Waals surface area contributed by atoms with Crippen LogP contribution in [0.1, 0.15) is 41.9 Å². The zero-order valence-corrected chi connectivity index (χ0v) is 16.3. The molecule has 2 aromatic carbocycles. The van der Waals surface area contributed by atoms with Crippen LogP contribution in [-0.2, 0) is 12.8 Å². The van der Waals surface area contributed by atoms with E-state index in [2.05, 4.69) is 35.2 Å². The lowest BCUT2D eigenvalue weighted by molar-refractivity contribution is 0.175. The molecule has 4 rings (SSSR count). The first-order chi connectivity index (χ1) is 12.7. The van der Waals surface area contributed by atoms with Crippen LogP contribution in [0.25, 0.3) is 0 Å². The predicted octanol–water partition coefficient (Wildman–Crippen LogP) is 5.33. The van der Waals surface area contributed by atoms with Gasteiger partial charge in [-0.1, -0.05) is 41.9 Å². The number of benzene rings is 2. The van der Waals surface area contributed by atoms with Crippen molar-refractivity contribution >= 4 is 11.6 Å². The number of hydrogen-bond acceptors (Lipinski definition) is 2. The van der Waals surface area contributed by atoms with Crippen LogP contribution in [0.5, 0.6) is 5.75 Å². The molecule has 0 N–H and O–H groups in total. The molecule has 1 aliphatic carbocycles. The Morgan fingerprint density at radius 1 is 1.00 bits per heavy atom. The maximum atomic E-state index is 6.50. The molecule has 1 unspecified atom stereocenters. The molecular weight excluding hydrogens is 342 g/mol. The van der Waals surface area contributed by atoms with Crippen LogP contribution >= 0.6 is 11.6 Å². The summed E-state index contributed by atoms with van der Waals surface area (Å²) in [5.41, 5.74) is 4.16. The Morgan fingerprint density at radius 3 is 2.50 bits per heavy atom. The number of nitrogens with zero attached hydrogens (tertiary/aromatic N) is 1. The molecule has 0 spiro atoms. The summed E-state index contributed by atoms with van der Waals surface area (Å²) < 4.78 is 5.54. The molecule has 0 radical (unpaired) electrons. The van der Waals surface area contributed by atoms with Gasteiger partial charge in [-0.2, -0.15) is 0 Å². The van der Waals surface area contributed by atoms with Crippen LogP contribution in [0.3, 0.4) is 0 Å². The van der Waals surface area contributed by atoms with Crippen LogP contribution in [0.2, 0.25) is 5.02 Å². The van der Waals surface area contributed by atoms with E-state index in [-0.39, 0.29) is 0 Å². The summed E-state index contributed by atoms with van der Waals surface area (Å²) in [4.78, 5) is 2.67. The molecule has 0 saturated carbocycles. The van der Waals surface area contributed by atoms with Gasteiger partial charge in [-0.15, -0.1) is 0 Å². The highest BCUT2D eigenvalue weighted by atomic mass is 35.5. The van der Waals surface area contributed by atoms with Crippen molar-refractivity contribution in [3.63, 3.8) is 0 Å². The zero-order valence-electron chi connectivity index (χ0n) is 15.6. The minimum atomic E-state index is 0.709. The summed E-state index contributed by atoms with van der Waals surface area (Å²) in [6.45, 7) is 3.64. The normalized spacial score (nSPS) is 21.4. The van der Waals surface area contributed by atoms with Crippen molar-refractivity contribution in [3.8, 4) is 5.75 Å². The third-order valence-corrected chi connectivity index (χ3v) is 6.58. The molecule has 2 nitrogen and oxygen atoms in total. The van der Waals surface area contributed by atoms with Gasteiger partial charge in [0, 0.05) is 11.6 Å². The highest BCUT2D eigenvalue weighted by Gasteiger charge is 2.27. The van der Waals surface area contributed by atoms with E-state index in [1.54, 1.807) is 7.11 Å². The zero-order chi connectivity index (χ0) is 17.9. The highest BCUT2D eigenvalue weighted by Crippen LogP contribution is 2.37. The molecule has 2 aromatic rings. The van der Waals surface area contributed by atoms with E-state index in [0.717, 1.165) is 29.5 Å². The van der Waals surface area contributed by atoms with E-state index in [0.29, 0.717) is 5.92 Å². The van der Waals surface area contributed by atoms with E-state index in [1.165, 1.54) is 55.6 Å². The monoisotopic (exact) mass is 369 g/mol. The van der Waals surface area contributed by atoms with Gasteiger partial charge in [0.25, 0.3) is 0 Å². The van der Waals surface area contributed by atoms with E-state index >= 15 is 0 Å².